The minimum atomic E-state index is -1.52. The number of hydrogen-bond acceptors (Lipinski definition) is 1. The first-order valence-electron chi connectivity index (χ1n) is 3.34. The van der Waals surface area contributed by atoms with E-state index in [1.807, 2.05) is 0 Å². The smallest absolute Gasteiger partial charge is 0.225 e. The molecule has 0 N–H and O–H groups in total. The van der Waals surface area contributed by atoms with Crippen LogP contribution in [0.3, 0.4) is 0 Å². The van der Waals surface area contributed by atoms with Crippen molar-refractivity contribution >= 4 is 12.4 Å². The van der Waals surface area contributed by atoms with Crippen LogP contribution in [0.15, 0.2) is 18.2 Å². The third kappa shape index (κ3) is 2.18. The number of hydrogen-bond donors (Lipinski definition) is 0. The molecule has 0 amide bonds. The van der Waals surface area contributed by atoms with Crippen molar-refractivity contribution in [2.45, 2.75) is 0 Å². The van der Waals surface area contributed by atoms with Gasteiger partial charge in [-0.05, 0) is 23.8 Å². The quantitative estimate of drug-likeness (QED) is 0.510. The summed E-state index contributed by atoms with van der Waals surface area (Å²) in [6.45, 7) is 0. The second kappa shape index (κ2) is 3.89. The van der Waals surface area contributed by atoms with Gasteiger partial charge in [-0.15, -0.1) is 0 Å². The van der Waals surface area contributed by atoms with Crippen molar-refractivity contribution in [1.82, 2.24) is 0 Å². The molecule has 0 aliphatic heterocycles. The number of halogens is 3. The van der Waals surface area contributed by atoms with Gasteiger partial charge in [-0.2, -0.15) is 0 Å². The molecule has 67 valence electrons. The Hall–Kier alpha value is -1.58. The van der Waals surface area contributed by atoms with E-state index in [9.17, 15) is 18.0 Å². The van der Waals surface area contributed by atoms with Gasteiger partial charge in [0.05, 0.1) is 0 Å². The van der Waals surface area contributed by atoms with Gasteiger partial charge in [-0.1, -0.05) is 6.08 Å². The maximum atomic E-state index is 12.5. The molecular weight excluding hydrogens is 181 g/mol. The van der Waals surface area contributed by atoms with Gasteiger partial charge in [-0.3, -0.25) is 4.79 Å². The zero-order valence-electron chi connectivity index (χ0n) is 6.35. The standard InChI is InChI=1S/C9H4F3O/c10-7-4-6(2-1-3-13)5-8(11)9(7)12/h1-2,4-5H. The Morgan fingerprint density at radius 2 is 1.69 bits per heavy atom. The number of benzene rings is 1. The fourth-order valence-electron chi connectivity index (χ4n) is 0.802. The van der Waals surface area contributed by atoms with Gasteiger partial charge in [0, 0.05) is 0 Å². The zero-order valence-corrected chi connectivity index (χ0v) is 6.35. The van der Waals surface area contributed by atoms with Crippen LogP contribution in [-0.4, -0.2) is 6.29 Å². The highest BCUT2D eigenvalue weighted by atomic mass is 19.2. The lowest BCUT2D eigenvalue weighted by Gasteiger charge is -1.96. The van der Waals surface area contributed by atoms with Crippen LogP contribution in [0.4, 0.5) is 13.2 Å². The van der Waals surface area contributed by atoms with Crippen LogP contribution in [0.5, 0.6) is 0 Å². The monoisotopic (exact) mass is 185 g/mol. The fourth-order valence-corrected chi connectivity index (χ4v) is 0.802. The van der Waals surface area contributed by atoms with E-state index in [1.165, 1.54) is 6.29 Å². The van der Waals surface area contributed by atoms with Crippen molar-refractivity contribution in [3.05, 3.63) is 41.2 Å². The van der Waals surface area contributed by atoms with E-state index < -0.39 is 17.5 Å². The van der Waals surface area contributed by atoms with E-state index in [0.29, 0.717) is 0 Å². The Bertz CT molecular complexity index is 335. The molecule has 1 rings (SSSR count). The minimum Gasteiger partial charge on any atom is -0.286 e. The summed E-state index contributed by atoms with van der Waals surface area (Å²) in [4.78, 5) is 9.74. The van der Waals surface area contributed by atoms with Gasteiger partial charge in [0.2, 0.25) is 6.29 Å². The van der Waals surface area contributed by atoms with Gasteiger partial charge in [0.25, 0.3) is 0 Å². The Labute approximate surface area is 72.5 Å². The number of rotatable bonds is 2. The minimum absolute atomic E-state index is 0.0692. The fraction of sp³-hybridized carbons (Fsp3) is 0. The molecule has 1 radical (unpaired) electrons. The number of allylic oxidation sites excluding steroid dienone is 1. The normalized spacial score (nSPS) is 10.7. The van der Waals surface area contributed by atoms with Crippen LogP contribution >= 0.6 is 0 Å². The van der Waals surface area contributed by atoms with Crippen molar-refractivity contribution in [3.8, 4) is 0 Å². The molecule has 0 unspecified atom stereocenters. The molecular formula is C9H4F3O. The van der Waals surface area contributed by atoms with Crippen molar-refractivity contribution in [1.29, 1.82) is 0 Å². The summed E-state index contributed by atoms with van der Waals surface area (Å²) in [6, 6.07) is 1.57. The van der Waals surface area contributed by atoms with Gasteiger partial charge in [-0.25, -0.2) is 13.2 Å². The van der Waals surface area contributed by atoms with E-state index in [-0.39, 0.29) is 5.56 Å². The first-order chi connectivity index (χ1) is 6.15. The molecule has 0 bridgehead atoms. The first-order valence-corrected chi connectivity index (χ1v) is 3.34. The lowest BCUT2D eigenvalue weighted by molar-refractivity contribution is 0.447. The molecule has 0 heterocycles. The lowest BCUT2D eigenvalue weighted by Crippen LogP contribution is -1.90. The maximum Gasteiger partial charge on any atom is 0.225 e. The summed E-state index contributed by atoms with van der Waals surface area (Å²) in [5, 5.41) is 0. The predicted molar refractivity (Wildman–Crippen MR) is 41.0 cm³/mol. The van der Waals surface area contributed by atoms with Crippen LogP contribution in [0, 0.1) is 17.5 Å². The Morgan fingerprint density at radius 1 is 1.15 bits per heavy atom. The first kappa shape index (κ1) is 9.51. The van der Waals surface area contributed by atoms with Crippen LogP contribution in [0.25, 0.3) is 6.08 Å². The molecule has 0 spiro atoms. The van der Waals surface area contributed by atoms with E-state index in [1.54, 1.807) is 0 Å². The Morgan fingerprint density at radius 3 is 2.15 bits per heavy atom. The lowest BCUT2D eigenvalue weighted by atomic mass is 10.2. The summed E-state index contributed by atoms with van der Waals surface area (Å²) >= 11 is 0. The third-order valence-corrected chi connectivity index (χ3v) is 1.35. The summed E-state index contributed by atoms with van der Waals surface area (Å²) in [6.07, 6.45) is 3.46. The highest BCUT2D eigenvalue weighted by Gasteiger charge is 2.08. The third-order valence-electron chi connectivity index (χ3n) is 1.35. The van der Waals surface area contributed by atoms with E-state index in [4.69, 9.17) is 0 Å². The van der Waals surface area contributed by atoms with E-state index >= 15 is 0 Å². The number of carbonyl (C=O) groups excluding carboxylic acids is 1. The summed E-state index contributed by atoms with van der Waals surface area (Å²) in [5.74, 6) is -4.09. The van der Waals surface area contributed by atoms with Crippen LogP contribution in [-0.2, 0) is 4.79 Å². The summed E-state index contributed by atoms with van der Waals surface area (Å²) in [7, 11) is 0. The second-order valence-electron chi connectivity index (χ2n) is 2.25. The highest BCUT2D eigenvalue weighted by Crippen LogP contribution is 2.14. The molecule has 0 fully saturated rings. The van der Waals surface area contributed by atoms with Gasteiger partial charge in [0.15, 0.2) is 17.5 Å². The highest BCUT2D eigenvalue weighted by molar-refractivity contribution is 5.74. The zero-order chi connectivity index (χ0) is 9.84. The molecule has 4 heteroatoms. The van der Waals surface area contributed by atoms with Crippen molar-refractivity contribution in [2.75, 3.05) is 0 Å². The van der Waals surface area contributed by atoms with Crippen LogP contribution in [0.2, 0.25) is 0 Å². The van der Waals surface area contributed by atoms with E-state index in [0.717, 1.165) is 24.3 Å². The van der Waals surface area contributed by atoms with Crippen molar-refractivity contribution in [3.63, 3.8) is 0 Å². The Kier molecular flexibility index (Phi) is 2.84. The van der Waals surface area contributed by atoms with Crippen LogP contribution in [0.1, 0.15) is 5.56 Å². The average Bonchev–Trinajstić information content (AvgIpc) is 2.10. The molecule has 13 heavy (non-hydrogen) atoms. The second-order valence-corrected chi connectivity index (χ2v) is 2.25. The van der Waals surface area contributed by atoms with Gasteiger partial charge in [0.1, 0.15) is 0 Å². The largest absolute Gasteiger partial charge is 0.286 e. The van der Waals surface area contributed by atoms with E-state index in [2.05, 4.69) is 0 Å². The molecule has 0 aliphatic carbocycles. The molecule has 0 saturated heterocycles. The molecule has 0 atom stereocenters. The average molecular weight is 185 g/mol. The van der Waals surface area contributed by atoms with Crippen molar-refractivity contribution in [2.24, 2.45) is 0 Å². The molecule has 0 aliphatic rings. The molecule has 1 aromatic rings. The maximum absolute atomic E-state index is 12.5. The SMILES string of the molecule is O=[C]C=Cc1cc(F)c(F)c(F)c1. The summed E-state index contributed by atoms with van der Waals surface area (Å²) in [5.41, 5.74) is 0.0692. The van der Waals surface area contributed by atoms with Gasteiger partial charge >= 0.3 is 0 Å². The predicted octanol–water partition coefficient (Wildman–Crippen LogP) is 2.23. The molecule has 1 nitrogen and oxygen atoms in total. The Balaban J connectivity index is 3.12. The topological polar surface area (TPSA) is 17.1 Å². The van der Waals surface area contributed by atoms with Crippen molar-refractivity contribution < 1.29 is 18.0 Å². The summed E-state index contributed by atoms with van der Waals surface area (Å²) < 4.78 is 37.4. The van der Waals surface area contributed by atoms with Gasteiger partial charge < -0.3 is 0 Å². The van der Waals surface area contributed by atoms with Crippen LogP contribution < -0.4 is 0 Å². The molecule has 0 saturated carbocycles. The molecule has 1 aromatic carbocycles. The molecule has 0 aromatic heterocycles.